The fourth-order valence-electron chi connectivity index (χ4n) is 12.8. The van der Waals surface area contributed by atoms with Gasteiger partial charge in [0.15, 0.2) is 12.6 Å². The van der Waals surface area contributed by atoms with Crippen LogP contribution in [0.15, 0.2) is 23.3 Å². The number of hydrogen-bond acceptors (Lipinski definition) is 13. The van der Waals surface area contributed by atoms with Gasteiger partial charge in [0, 0.05) is 25.4 Å². The molecule has 3 saturated carbocycles. The molecule has 13 nitrogen and oxygen atoms in total. The van der Waals surface area contributed by atoms with Crippen LogP contribution in [-0.4, -0.2) is 131 Å². The first-order chi connectivity index (χ1) is 26.6. The third kappa shape index (κ3) is 7.83. The first kappa shape index (κ1) is 45.0. The average molecular weight is 809 g/mol. The van der Waals surface area contributed by atoms with Gasteiger partial charge in [-0.1, -0.05) is 64.8 Å². The molecule has 6 aliphatic rings. The van der Waals surface area contributed by atoms with Crippen LogP contribution in [0.2, 0.25) is 0 Å². The molecule has 19 atom stereocenters. The van der Waals surface area contributed by atoms with Crippen molar-refractivity contribution in [3.05, 3.63) is 23.3 Å². The van der Waals surface area contributed by atoms with Gasteiger partial charge in [-0.25, -0.2) is 0 Å². The predicted molar refractivity (Wildman–Crippen MR) is 209 cm³/mol. The van der Waals surface area contributed by atoms with E-state index >= 15 is 0 Å². The molecule has 0 spiro atoms. The van der Waals surface area contributed by atoms with Gasteiger partial charge in [0.25, 0.3) is 0 Å². The number of hydrogen-bond donors (Lipinski definition) is 6. The van der Waals surface area contributed by atoms with E-state index in [-0.39, 0.29) is 71.4 Å². The number of fused-ring (bicyclic) bond motifs is 5. The quantitative estimate of drug-likeness (QED) is 0.131. The summed E-state index contributed by atoms with van der Waals surface area (Å²) < 4.78 is 36.9. The number of ether oxygens (including phenoxy) is 6. The van der Waals surface area contributed by atoms with E-state index in [1.165, 1.54) is 18.1 Å². The van der Waals surface area contributed by atoms with E-state index in [2.05, 4.69) is 67.5 Å². The van der Waals surface area contributed by atoms with Crippen LogP contribution in [0.25, 0.3) is 0 Å². The maximum absolute atomic E-state index is 11.6. The Morgan fingerprint density at radius 3 is 2.23 bits per heavy atom. The summed E-state index contributed by atoms with van der Waals surface area (Å²) in [5.74, 6) is 0.0682. The first-order valence-electron chi connectivity index (χ1n) is 21.3. The van der Waals surface area contributed by atoms with Gasteiger partial charge in [-0.05, 0) is 92.8 Å². The summed E-state index contributed by atoms with van der Waals surface area (Å²) in [5, 5.41) is 64.1. The summed E-state index contributed by atoms with van der Waals surface area (Å²) in [6, 6.07) is 0. The normalized spacial score (nSPS) is 48.5. The Bertz CT molecular complexity index is 1500. The van der Waals surface area contributed by atoms with Gasteiger partial charge in [0.1, 0.15) is 49.3 Å². The van der Waals surface area contributed by atoms with Crippen molar-refractivity contribution < 1.29 is 63.9 Å². The molecule has 19 unspecified atom stereocenters. The lowest BCUT2D eigenvalue weighted by atomic mass is 9.38. The molecular formula is C44H72O13. The van der Waals surface area contributed by atoms with Gasteiger partial charge in [-0.15, -0.1) is 0 Å². The molecule has 0 radical (unpaired) electrons. The van der Waals surface area contributed by atoms with Crippen LogP contribution in [0.1, 0.15) is 107 Å². The predicted octanol–water partition coefficient (Wildman–Crippen LogP) is 3.79. The second-order valence-corrected chi connectivity index (χ2v) is 19.9. The minimum Gasteiger partial charge on any atom is -0.463 e. The van der Waals surface area contributed by atoms with Gasteiger partial charge in [0.2, 0.25) is 0 Å². The third-order valence-corrected chi connectivity index (χ3v) is 16.0. The largest absolute Gasteiger partial charge is 0.463 e. The van der Waals surface area contributed by atoms with Crippen LogP contribution < -0.4 is 0 Å². The standard InChI is InChI=1S/C44H72O13/c1-22(2)12-11-13-23(3)32-29(55-40-37(51)35(49)34(48)30(56-40)21-53-24(4)45)19-44(9)38-28(52-10)18-26-25(42(38,7)16-17-43(32,44)8)14-15-31(41(26,5)6)57-39-36(50)33(47)27(46)20-54-39/h12,18,23,25,27-40,46-51H,11,13-17,19-21H2,1-10H3. The van der Waals surface area contributed by atoms with E-state index in [4.69, 9.17) is 28.4 Å². The van der Waals surface area contributed by atoms with Crippen molar-refractivity contribution in [3.63, 3.8) is 0 Å². The molecule has 2 saturated heterocycles. The minimum absolute atomic E-state index is 0.0589. The fourth-order valence-corrected chi connectivity index (χ4v) is 12.8. The summed E-state index contributed by atoms with van der Waals surface area (Å²) in [5.41, 5.74) is 1.41. The third-order valence-electron chi connectivity index (χ3n) is 16.0. The number of esters is 1. The van der Waals surface area contributed by atoms with Gasteiger partial charge < -0.3 is 59.1 Å². The van der Waals surface area contributed by atoms with Crippen LogP contribution >= 0.6 is 0 Å². The highest BCUT2D eigenvalue weighted by atomic mass is 16.7. The van der Waals surface area contributed by atoms with Crippen molar-refractivity contribution >= 4 is 5.97 Å². The SMILES string of the molecule is COC1C=C2C(CCC(OC3OCC(O)C(O)C3O)C2(C)C)C2(C)CCC3(C)C(C(C)CCC=C(C)C)C(OC4OC(COC(C)=O)C(O)C(O)C4O)CC3(C)C12. The van der Waals surface area contributed by atoms with E-state index in [0.717, 1.165) is 38.5 Å². The molecule has 2 aliphatic heterocycles. The van der Waals surface area contributed by atoms with Crippen LogP contribution in [0.4, 0.5) is 0 Å². The highest BCUT2D eigenvalue weighted by molar-refractivity contribution is 5.65. The van der Waals surface area contributed by atoms with E-state index in [0.29, 0.717) is 6.42 Å². The monoisotopic (exact) mass is 808 g/mol. The molecular weight excluding hydrogens is 736 g/mol. The molecule has 13 heteroatoms. The maximum atomic E-state index is 11.6. The van der Waals surface area contributed by atoms with E-state index in [1.807, 2.05) is 0 Å². The second kappa shape index (κ2) is 16.8. The number of aliphatic hydroxyl groups excluding tert-OH is 6. The van der Waals surface area contributed by atoms with E-state index in [9.17, 15) is 35.4 Å². The Labute approximate surface area is 339 Å². The summed E-state index contributed by atoms with van der Waals surface area (Å²) >= 11 is 0. The zero-order chi connectivity index (χ0) is 42.0. The maximum Gasteiger partial charge on any atom is 0.302 e. The highest BCUT2D eigenvalue weighted by Gasteiger charge is 2.72. The van der Waals surface area contributed by atoms with Crippen LogP contribution in [0.3, 0.4) is 0 Å². The smallest absolute Gasteiger partial charge is 0.302 e. The van der Waals surface area contributed by atoms with Crippen molar-refractivity contribution in [2.24, 2.45) is 45.3 Å². The minimum atomic E-state index is -1.55. The van der Waals surface area contributed by atoms with Crippen molar-refractivity contribution in [2.75, 3.05) is 20.3 Å². The number of rotatable bonds is 11. The van der Waals surface area contributed by atoms with Crippen molar-refractivity contribution in [1.82, 2.24) is 0 Å². The topological polar surface area (TPSA) is 194 Å². The van der Waals surface area contributed by atoms with Gasteiger partial charge >= 0.3 is 5.97 Å². The molecule has 0 amide bonds. The second-order valence-electron chi connectivity index (χ2n) is 19.9. The number of carbonyl (C=O) groups excluding carboxylic acids is 1. The average Bonchev–Trinajstić information content (AvgIpc) is 3.37. The number of aliphatic hydroxyl groups is 6. The van der Waals surface area contributed by atoms with Crippen LogP contribution in [-0.2, 0) is 33.2 Å². The number of carbonyl (C=O) groups is 1. The van der Waals surface area contributed by atoms with Crippen molar-refractivity contribution in [3.8, 4) is 0 Å². The van der Waals surface area contributed by atoms with Crippen LogP contribution in [0.5, 0.6) is 0 Å². The molecule has 0 bridgehead atoms. The Morgan fingerprint density at radius 1 is 0.895 bits per heavy atom. The molecule has 0 aromatic carbocycles. The molecule has 4 aliphatic carbocycles. The van der Waals surface area contributed by atoms with E-state index < -0.39 is 66.7 Å². The first-order valence-corrected chi connectivity index (χ1v) is 21.3. The van der Waals surface area contributed by atoms with Crippen molar-refractivity contribution in [1.29, 1.82) is 0 Å². The Morgan fingerprint density at radius 2 is 1.58 bits per heavy atom. The molecule has 6 N–H and O–H groups in total. The molecule has 2 heterocycles. The summed E-state index contributed by atoms with van der Waals surface area (Å²) in [6.07, 6.45) is -2.07. The molecule has 0 aromatic rings. The molecule has 5 fully saturated rings. The summed E-state index contributed by atoms with van der Waals surface area (Å²) in [7, 11) is 1.78. The summed E-state index contributed by atoms with van der Waals surface area (Å²) in [6.45, 7) is 19.0. The summed E-state index contributed by atoms with van der Waals surface area (Å²) in [4.78, 5) is 11.6. The fraction of sp³-hybridized carbons (Fsp3) is 0.886. The molecule has 57 heavy (non-hydrogen) atoms. The van der Waals surface area contributed by atoms with Gasteiger partial charge in [-0.3, -0.25) is 4.79 Å². The number of methoxy groups -OCH3 is 1. The molecule has 326 valence electrons. The Kier molecular flexibility index (Phi) is 13.2. The lowest BCUT2D eigenvalue weighted by molar-refractivity contribution is -0.316. The van der Waals surface area contributed by atoms with Gasteiger partial charge in [-0.2, -0.15) is 0 Å². The Balaban J connectivity index is 1.34. The lowest BCUT2D eigenvalue weighted by Gasteiger charge is -2.67. The van der Waals surface area contributed by atoms with Gasteiger partial charge in [0.05, 0.1) is 24.9 Å². The molecule has 0 aromatic heterocycles. The lowest BCUT2D eigenvalue weighted by Crippen LogP contribution is -2.63. The molecule has 6 rings (SSSR count). The van der Waals surface area contributed by atoms with E-state index in [1.54, 1.807) is 7.11 Å². The van der Waals surface area contributed by atoms with Crippen molar-refractivity contribution in [2.45, 2.75) is 181 Å². The number of allylic oxidation sites excluding steroid dienone is 2. The zero-order valence-corrected chi connectivity index (χ0v) is 35.8. The zero-order valence-electron chi connectivity index (χ0n) is 35.8. The highest BCUT2D eigenvalue weighted by Crippen LogP contribution is 2.75. The Hall–Kier alpha value is -1.49. The van der Waals surface area contributed by atoms with Crippen LogP contribution in [0, 0.1) is 45.3 Å².